The largest absolute Gasteiger partial charge is 0.294 e. The van der Waals surface area contributed by atoms with Crippen LogP contribution in [0.1, 0.15) is 58.4 Å². The first-order valence-electron chi connectivity index (χ1n) is 7.84. The second-order valence-electron chi connectivity index (χ2n) is 6.12. The van der Waals surface area contributed by atoms with Crippen LogP contribution in [0.25, 0.3) is 0 Å². The van der Waals surface area contributed by atoms with Crippen molar-refractivity contribution in [2.75, 3.05) is 0 Å². The first-order valence-corrected chi connectivity index (χ1v) is 7.84. The van der Waals surface area contributed by atoms with Crippen LogP contribution in [-0.2, 0) is 13.0 Å². The van der Waals surface area contributed by atoms with E-state index in [0.29, 0.717) is 31.2 Å². The van der Waals surface area contributed by atoms with Crippen molar-refractivity contribution in [3.05, 3.63) is 52.8 Å². The number of hydrogen-bond donors (Lipinski definition) is 0. The number of Topliss-reactive ketones (excluding diaryl/α,β-unsaturated/α-hetero) is 1. The molecule has 0 amide bonds. The predicted molar refractivity (Wildman–Crippen MR) is 81.6 cm³/mol. The van der Waals surface area contributed by atoms with Gasteiger partial charge in [-0.05, 0) is 24.3 Å². The van der Waals surface area contributed by atoms with Gasteiger partial charge in [0.1, 0.15) is 0 Å². The summed E-state index contributed by atoms with van der Waals surface area (Å²) in [5.74, 6) is 1.08. The maximum Gasteiger partial charge on any atom is 0.167 e. The lowest BCUT2D eigenvalue weighted by Gasteiger charge is -2.01. The van der Waals surface area contributed by atoms with Crippen LogP contribution in [-0.4, -0.2) is 15.6 Å². The number of rotatable bonds is 4. The minimum Gasteiger partial charge on any atom is -0.294 e. The van der Waals surface area contributed by atoms with E-state index in [-0.39, 0.29) is 5.78 Å². The summed E-state index contributed by atoms with van der Waals surface area (Å²) in [4.78, 5) is 12.2. The van der Waals surface area contributed by atoms with E-state index in [2.05, 4.69) is 30.3 Å². The van der Waals surface area contributed by atoms with Crippen molar-refractivity contribution < 1.29 is 4.79 Å². The third kappa shape index (κ3) is 2.05. The lowest BCUT2D eigenvalue weighted by Crippen LogP contribution is -2.04. The molecule has 1 aromatic carbocycles. The molecule has 1 fully saturated rings. The van der Waals surface area contributed by atoms with Gasteiger partial charge in [-0.1, -0.05) is 30.3 Å². The van der Waals surface area contributed by atoms with Crippen LogP contribution >= 0.6 is 0 Å². The zero-order valence-electron chi connectivity index (χ0n) is 12.3. The van der Waals surface area contributed by atoms with Gasteiger partial charge in [0, 0.05) is 18.0 Å². The van der Waals surface area contributed by atoms with Crippen LogP contribution in [0.5, 0.6) is 0 Å². The quantitative estimate of drug-likeness (QED) is 0.869. The molecule has 2 aliphatic carbocycles. The minimum absolute atomic E-state index is 0.229. The van der Waals surface area contributed by atoms with Gasteiger partial charge in [-0.25, -0.2) is 0 Å². The predicted octanol–water partition coefficient (Wildman–Crippen LogP) is 3.20. The summed E-state index contributed by atoms with van der Waals surface area (Å²) in [5.41, 5.74) is 4.22. The molecule has 4 heteroatoms. The number of nitriles is 1. The maximum absolute atomic E-state index is 12.2. The fraction of sp³-hybridized carbons (Fsp3) is 0.389. The smallest absolute Gasteiger partial charge is 0.167 e. The third-order valence-corrected chi connectivity index (χ3v) is 4.76. The summed E-state index contributed by atoms with van der Waals surface area (Å²) in [6.45, 7) is 0.592. The van der Waals surface area contributed by atoms with Gasteiger partial charge in [0.25, 0.3) is 0 Å². The van der Waals surface area contributed by atoms with Crippen LogP contribution in [0.3, 0.4) is 0 Å². The summed E-state index contributed by atoms with van der Waals surface area (Å²) < 4.78 is 1.90. The highest BCUT2D eigenvalue weighted by Gasteiger charge is 2.45. The standard InChI is InChI=1S/C18H17N3O/c19-9-4-10-21-15-7-8-16(22)17(15)18(20-21)14-11-13(14)12-5-2-1-3-6-12/h1-3,5-6,13-14H,4,7-8,10-11H2. The van der Waals surface area contributed by atoms with E-state index >= 15 is 0 Å². The monoisotopic (exact) mass is 291 g/mol. The molecule has 0 N–H and O–H groups in total. The number of benzene rings is 1. The zero-order valence-corrected chi connectivity index (χ0v) is 12.3. The van der Waals surface area contributed by atoms with E-state index in [1.54, 1.807) is 0 Å². The number of carbonyl (C=O) groups is 1. The Morgan fingerprint density at radius 1 is 1.23 bits per heavy atom. The molecule has 4 nitrogen and oxygen atoms in total. The van der Waals surface area contributed by atoms with Gasteiger partial charge in [-0.2, -0.15) is 10.4 Å². The molecule has 2 atom stereocenters. The summed E-state index contributed by atoms with van der Waals surface area (Å²) in [5, 5.41) is 13.5. The van der Waals surface area contributed by atoms with Crippen molar-refractivity contribution >= 4 is 5.78 Å². The van der Waals surface area contributed by atoms with E-state index < -0.39 is 0 Å². The summed E-state index contributed by atoms with van der Waals surface area (Å²) in [6.07, 6.45) is 2.87. The average Bonchev–Trinajstić information content (AvgIpc) is 3.13. The Morgan fingerprint density at radius 3 is 2.82 bits per heavy atom. The van der Waals surface area contributed by atoms with Gasteiger partial charge in [-0.3, -0.25) is 9.48 Å². The van der Waals surface area contributed by atoms with Gasteiger partial charge in [0.05, 0.1) is 30.3 Å². The number of ketones is 1. The Balaban J connectivity index is 1.66. The maximum atomic E-state index is 12.2. The topological polar surface area (TPSA) is 58.7 Å². The first kappa shape index (κ1) is 13.3. The van der Waals surface area contributed by atoms with Crippen LogP contribution < -0.4 is 0 Å². The van der Waals surface area contributed by atoms with E-state index in [0.717, 1.165) is 29.8 Å². The molecule has 0 aliphatic heterocycles. The molecule has 2 aliphatic rings. The molecule has 1 aromatic heterocycles. The number of aryl methyl sites for hydroxylation is 1. The lowest BCUT2D eigenvalue weighted by molar-refractivity contribution is 0.0993. The van der Waals surface area contributed by atoms with Crippen LogP contribution in [0.15, 0.2) is 30.3 Å². The van der Waals surface area contributed by atoms with Crippen LogP contribution in [0, 0.1) is 11.3 Å². The molecular weight excluding hydrogens is 274 g/mol. The lowest BCUT2D eigenvalue weighted by atomic mass is 10.0. The Labute approximate surface area is 129 Å². The SMILES string of the molecule is N#CCCn1nc(C2CC2c2ccccc2)c2c1CCC2=O. The molecule has 0 saturated heterocycles. The molecular formula is C18H17N3O. The highest BCUT2D eigenvalue weighted by atomic mass is 16.1. The van der Waals surface area contributed by atoms with Crippen molar-refractivity contribution in [2.45, 2.75) is 44.1 Å². The molecule has 22 heavy (non-hydrogen) atoms. The fourth-order valence-corrected chi connectivity index (χ4v) is 3.60. The molecule has 0 radical (unpaired) electrons. The molecule has 110 valence electrons. The van der Waals surface area contributed by atoms with Crippen molar-refractivity contribution in [1.82, 2.24) is 9.78 Å². The van der Waals surface area contributed by atoms with E-state index in [1.807, 2.05) is 10.7 Å². The van der Waals surface area contributed by atoms with Crippen LogP contribution in [0.2, 0.25) is 0 Å². The fourth-order valence-electron chi connectivity index (χ4n) is 3.60. The molecule has 1 saturated carbocycles. The number of aromatic nitrogens is 2. The molecule has 2 unspecified atom stereocenters. The molecule has 1 heterocycles. The molecule has 0 bridgehead atoms. The van der Waals surface area contributed by atoms with E-state index in [1.165, 1.54) is 5.56 Å². The number of hydrogen-bond acceptors (Lipinski definition) is 3. The summed E-state index contributed by atoms with van der Waals surface area (Å²) in [7, 11) is 0. The van der Waals surface area contributed by atoms with Crippen molar-refractivity contribution in [1.29, 1.82) is 5.26 Å². The van der Waals surface area contributed by atoms with Crippen molar-refractivity contribution in [3.8, 4) is 6.07 Å². The normalized spacial score (nSPS) is 22.4. The minimum atomic E-state index is 0.229. The van der Waals surface area contributed by atoms with Crippen LogP contribution in [0.4, 0.5) is 0 Å². The second kappa shape index (κ2) is 5.10. The van der Waals surface area contributed by atoms with E-state index in [9.17, 15) is 4.79 Å². The zero-order chi connectivity index (χ0) is 15.1. The first-order chi connectivity index (χ1) is 10.8. The number of fused-ring (bicyclic) bond motifs is 1. The van der Waals surface area contributed by atoms with Crippen molar-refractivity contribution in [3.63, 3.8) is 0 Å². The summed E-state index contributed by atoms with van der Waals surface area (Å²) >= 11 is 0. The van der Waals surface area contributed by atoms with Crippen molar-refractivity contribution in [2.24, 2.45) is 0 Å². The third-order valence-electron chi connectivity index (χ3n) is 4.76. The molecule has 2 aromatic rings. The Kier molecular flexibility index (Phi) is 3.07. The second-order valence-corrected chi connectivity index (χ2v) is 6.12. The Hall–Kier alpha value is -2.41. The molecule has 4 rings (SSSR count). The van der Waals surface area contributed by atoms with Gasteiger partial charge in [-0.15, -0.1) is 0 Å². The van der Waals surface area contributed by atoms with Gasteiger partial charge < -0.3 is 0 Å². The highest BCUT2D eigenvalue weighted by molar-refractivity contribution is 6.01. The summed E-state index contributed by atoms with van der Waals surface area (Å²) in [6, 6.07) is 12.6. The van der Waals surface area contributed by atoms with Gasteiger partial charge in [0.15, 0.2) is 5.78 Å². The van der Waals surface area contributed by atoms with Gasteiger partial charge >= 0.3 is 0 Å². The average molecular weight is 291 g/mol. The Bertz CT molecular complexity index is 770. The Morgan fingerprint density at radius 2 is 2.05 bits per heavy atom. The number of carbonyl (C=O) groups excluding carboxylic acids is 1. The number of nitrogens with zero attached hydrogens (tertiary/aromatic N) is 3. The molecule has 0 spiro atoms. The van der Waals surface area contributed by atoms with Gasteiger partial charge in [0.2, 0.25) is 0 Å². The highest BCUT2D eigenvalue weighted by Crippen LogP contribution is 2.55. The van der Waals surface area contributed by atoms with E-state index in [4.69, 9.17) is 10.4 Å².